The molecule has 0 bridgehead atoms. The first-order chi connectivity index (χ1) is 9.50. The molecule has 110 valence electrons. The molecule has 8 heteroatoms. The van der Waals surface area contributed by atoms with E-state index < -0.39 is 9.84 Å². The fourth-order valence-electron chi connectivity index (χ4n) is 2.10. The van der Waals surface area contributed by atoms with E-state index in [9.17, 15) is 13.2 Å². The number of nitrogens with zero attached hydrogens (tertiary/aromatic N) is 2. The van der Waals surface area contributed by atoms with Gasteiger partial charge in [-0.2, -0.15) is 0 Å². The van der Waals surface area contributed by atoms with Crippen molar-refractivity contribution in [2.75, 3.05) is 29.9 Å². The summed E-state index contributed by atoms with van der Waals surface area (Å²) in [5.41, 5.74) is 0.226. The maximum atomic E-state index is 11.9. The average molecular weight is 298 g/mol. The molecule has 1 atom stereocenters. The number of hydrogen-bond acceptors (Lipinski definition) is 6. The third-order valence-electron chi connectivity index (χ3n) is 3.10. The molecular weight excluding hydrogens is 280 g/mol. The molecule has 0 aliphatic carbocycles. The number of nitrogens with one attached hydrogen (secondary N) is 2. The van der Waals surface area contributed by atoms with Crippen LogP contribution in [-0.2, 0) is 9.84 Å². The molecule has 1 aliphatic heterocycles. The average Bonchev–Trinajstić information content (AvgIpc) is 2.76. The van der Waals surface area contributed by atoms with Gasteiger partial charge < -0.3 is 10.6 Å². The first-order valence-electron chi connectivity index (χ1n) is 6.54. The third kappa shape index (κ3) is 3.89. The van der Waals surface area contributed by atoms with Gasteiger partial charge in [-0.05, 0) is 19.3 Å². The van der Waals surface area contributed by atoms with Crippen LogP contribution in [0.1, 0.15) is 23.8 Å². The van der Waals surface area contributed by atoms with Crippen molar-refractivity contribution in [2.24, 2.45) is 5.92 Å². The van der Waals surface area contributed by atoms with Gasteiger partial charge in [0.15, 0.2) is 9.84 Å². The van der Waals surface area contributed by atoms with Crippen molar-refractivity contribution in [1.29, 1.82) is 0 Å². The molecule has 1 aliphatic rings. The van der Waals surface area contributed by atoms with Crippen LogP contribution in [0.2, 0.25) is 0 Å². The fraction of sp³-hybridized carbons (Fsp3) is 0.583. The Morgan fingerprint density at radius 2 is 2.25 bits per heavy atom. The fourth-order valence-corrected chi connectivity index (χ4v) is 3.96. The van der Waals surface area contributed by atoms with Crippen molar-refractivity contribution in [3.8, 4) is 0 Å². The van der Waals surface area contributed by atoms with Gasteiger partial charge in [0.2, 0.25) is 0 Å². The van der Waals surface area contributed by atoms with Crippen molar-refractivity contribution in [1.82, 2.24) is 15.3 Å². The molecule has 1 unspecified atom stereocenters. The van der Waals surface area contributed by atoms with E-state index in [1.165, 1.54) is 6.20 Å². The smallest absolute Gasteiger partial charge is 0.271 e. The van der Waals surface area contributed by atoms with E-state index in [-0.39, 0.29) is 29.0 Å². The number of aromatic nitrogens is 2. The lowest BCUT2D eigenvalue weighted by Crippen LogP contribution is -2.30. The van der Waals surface area contributed by atoms with Gasteiger partial charge in [0.25, 0.3) is 5.91 Å². The lowest BCUT2D eigenvalue weighted by Gasteiger charge is -2.09. The van der Waals surface area contributed by atoms with E-state index in [0.717, 1.165) is 0 Å². The van der Waals surface area contributed by atoms with E-state index in [4.69, 9.17) is 0 Å². The number of amides is 1. The summed E-state index contributed by atoms with van der Waals surface area (Å²) in [4.78, 5) is 20.0. The highest BCUT2D eigenvalue weighted by Gasteiger charge is 2.28. The molecule has 0 radical (unpaired) electrons. The van der Waals surface area contributed by atoms with Gasteiger partial charge in [0.1, 0.15) is 11.5 Å². The SMILES string of the molecule is CCNc1cncc(C(=O)NCC2CCS(=O)(=O)C2)n1. The van der Waals surface area contributed by atoms with Crippen molar-refractivity contribution < 1.29 is 13.2 Å². The van der Waals surface area contributed by atoms with Crippen molar-refractivity contribution in [3.05, 3.63) is 18.1 Å². The van der Waals surface area contributed by atoms with Crippen LogP contribution in [0.5, 0.6) is 0 Å². The minimum absolute atomic E-state index is 0.00569. The molecule has 0 saturated carbocycles. The third-order valence-corrected chi connectivity index (χ3v) is 4.94. The Labute approximate surface area is 118 Å². The molecule has 7 nitrogen and oxygen atoms in total. The van der Waals surface area contributed by atoms with Crippen LogP contribution in [0.15, 0.2) is 12.4 Å². The quantitative estimate of drug-likeness (QED) is 0.798. The zero-order chi connectivity index (χ0) is 14.6. The van der Waals surface area contributed by atoms with Gasteiger partial charge in [0.05, 0.1) is 23.9 Å². The second-order valence-corrected chi connectivity index (χ2v) is 7.03. The summed E-state index contributed by atoms with van der Waals surface area (Å²) in [6.07, 6.45) is 3.54. The van der Waals surface area contributed by atoms with Crippen LogP contribution < -0.4 is 10.6 Å². The summed E-state index contributed by atoms with van der Waals surface area (Å²) in [5.74, 6) is 0.568. The van der Waals surface area contributed by atoms with Gasteiger partial charge in [0, 0.05) is 13.1 Å². The van der Waals surface area contributed by atoms with E-state index in [0.29, 0.717) is 25.3 Å². The number of carbonyl (C=O) groups is 1. The molecule has 1 saturated heterocycles. The van der Waals surface area contributed by atoms with Crippen molar-refractivity contribution >= 4 is 21.6 Å². The molecule has 1 amide bonds. The Morgan fingerprint density at radius 3 is 2.90 bits per heavy atom. The predicted octanol–water partition coefficient (Wildman–Crippen LogP) is 0.0729. The number of carbonyl (C=O) groups excluding carboxylic acids is 1. The summed E-state index contributed by atoms with van der Waals surface area (Å²) in [6.45, 7) is 2.97. The first-order valence-corrected chi connectivity index (χ1v) is 8.37. The lowest BCUT2D eigenvalue weighted by molar-refractivity contribution is 0.0943. The minimum Gasteiger partial charge on any atom is -0.369 e. The molecule has 1 aromatic rings. The zero-order valence-electron chi connectivity index (χ0n) is 11.3. The van der Waals surface area contributed by atoms with Crippen LogP contribution in [0, 0.1) is 5.92 Å². The van der Waals surface area contributed by atoms with Gasteiger partial charge in [-0.3, -0.25) is 9.78 Å². The summed E-state index contributed by atoms with van der Waals surface area (Å²) in [6, 6.07) is 0. The Hall–Kier alpha value is -1.70. The second kappa shape index (κ2) is 6.17. The maximum Gasteiger partial charge on any atom is 0.271 e. The Kier molecular flexibility index (Phi) is 4.53. The largest absolute Gasteiger partial charge is 0.369 e. The number of anilines is 1. The first kappa shape index (κ1) is 14.7. The van der Waals surface area contributed by atoms with Gasteiger partial charge in [-0.25, -0.2) is 13.4 Å². The molecule has 1 fully saturated rings. The number of hydrogen-bond donors (Lipinski definition) is 2. The monoisotopic (exact) mass is 298 g/mol. The zero-order valence-corrected chi connectivity index (χ0v) is 12.1. The second-order valence-electron chi connectivity index (χ2n) is 4.80. The highest BCUT2D eigenvalue weighted by Crippen LogP contribution is 2.17. The van der Waals surface area contributed by atoms with Crippen molar-refractivity contribution in [2.45, 2.75) is 13.3 Å². The van der Waals surface area contributed by atoms with E-state index >= 15 is 0 Å². The van der Waals surface area contributed by atoms with Gasteiger partial charge in [-0.15, -0.1) is 0 Å². The Balaban J connectivity index is 1.90. The van der Waals surface area contributed by atoms with Crippen LogP contribution in [0.3, 0.4) is 0 Å². The topological polar surface area (TPSA) is 101 Å². The summed E-state index contributed by atoms with van der Waals surface area (Å²) < 4.78 is 22.7. The molecule has 0 spiro atoms. The lowest BCUT2D eigenvalue weighted by atomic mass is 10.1. The maximum absolute atomic E-state index is 11.9. The van der Waals surface area contributed by atoms with Crippen LogP contribution in [0.4, 0.5) is 5.82 Å². The predicted molar refractivity (Wildman–Crippen MR) is 75.3 cm³/mol. The molecule has 20 heavy (non-hydrogen) atoms. The molecule has 0 aromatic carbocycles. The van der Waals surface area contributed by atoms with Crippen LogP contribution in [-0.4, -0.2) is 48.9 Å². The molecule has 1 aromatic heterocycles. The minimum atomic E-state index is -2.91. The number of sulfone groups is 1. The van der Waals surface area contributed by atoms with Gasteiger partial charge >= 0.3 is 0 Å². The van der Waals surface area contributed by atoms with E-state index in [1.807, 2.05) is 6.92 Å². The standard InChI is InChI=1S/C12H18N4O3S/c1-2-14-11-7-13-6-10(16-11)12(17)15-5-9-3-4-20(18,19)8-9/h6-7,9H,2-5,8H2,1H3,(H,14,16)(H,15,17). The summed E-state index contributed by atoms with van der Waals surface area (Å²) in [5, 5.41) is 5.69. The molecule has 2 N–H and O–H groups in total. The normalized spacial score (nSPS) is 20.6. The Bertz CT molecular complexity index is 588. The van der Waals surface area contributed by atoms with Crippen LogP contribution >= 0.6 is 0 Å². The summed E-state index contributed by atoms with van der Waals surface area (Å²) in [7, 11) is -2.91. The van der Waals surface area contributed by atoms with Crippen LogP contribution in [0.25, 0.3) is 0 Å². The van der Waals surface area contributed by atoms with E-state index in [2.05, 4.69) is 20.6 Å². The highest BCUT2D eigenvalue weighted by atomic mass is 32.2. The highest BCUT2D eigenvalue weighted by molar-refractivity contribution is 7.91. The Morgan fingerprint density at radius 1 is 1.45 bits per heavy atom. The molecule has 2 rings (SSSR count). The van der Waals surface area contributed by atoms with Gasteiger partial charge in [-0.1, -0.05) is 0 Å². The molecular formula is C12H18N4O3S. The number of rotatable bonds is 5. The van der Waals surface area contributed by atoms with E-state index in [1.54, 1.807) is 6.20 Å². The molecule has 2 heterocycles. The van der Waals surface area contributed by atoms with Crippen molar-refractivity contribution in [3.63, 3.8) is 0 Å². The summed E-state index contributed by atoms with van der Waals surface area (Å²) >= 11 is 0.